The minimum absolute atomic E-state index is 0.0801. The molecule has 0 amide bonds. The van der Waals surface area contributed by atoms with Crippen LogP contribution in [0.5, 0.6) is 0 Å². The van der Waals surface area contributed by atoms with Crippen LogP contribution in [0.2, 0.25) is 0 Å². The zero-order valence-corrected chi connectivity index (χ0v) is 46.6. The number of rotatable bonds is 8. The lowest BCUT2D eigenvalue weighted by atomic mass is 9.94. The first-order valence-electron chi connectivity index (χ1n) is 28.5. The molecule has 39 nitrogen and oxygen atoms in total. The van der Waals surface area contributed by atoms with Crippen LogP contribution in [0.25, 0.3) is 0 Å². The van der Waals surface area contributed by atoms with Gasteiger partial charge in [0.05, 0.1) is 52.4 Å². The highest BCUT2D eigenvalue weighted by Crippen LogP contribution is 2.40. The standard InChI is InChI=1S/C49H82O39/c1-2-10-34-18(57)26(65)42(73-10)82-35-11(3-50)75-44(28(67)20(35)59)84-37-13(5-52)77-46(30(69)22(37)61)86-39-15(7-54)79-48(32(71)24(39)63)88-41-17(9-56)80-49(33(72)25(41)64)87-40-16(8-55)78-47(31(70)23(40)62)85-38-14(6-53)76-45(29(68)21(38)60)83-36-12(4-51)74-43(81-34)27(66)19(36)58/h10-72H,2-9H2,1H3/t10?,11?,12?,13?,14?,15?,16?,17?,18-,19-,20-,21-,22-,23-,24-,25-,26?,27?,28?,29?,30?,31?,32?,33?,34-,35-,36-,37-,38-,39?,40-,41-,42-,43-,44+,45-,46-,47-,48-,49-/m1/s1. The Morgan fingerprint density at radius 2 is 0.284 bits per heavy atom. The molecule has 30 aliphatic heterocycles. The van der Waals surface area contributed by atoms with E-state index in [1.165, 1.54) is 6.92 Å². The molecule has 30 fully saturated rings. The summed E-state index contributed by atoms with van der Waals surface area (Å²) in [6.07, 6.45) is -79.8. The zero-order valence-electron chi connectivity index (χ0n) is 46.6. The third-order valence-corrected chi connectivity index (χ3v) is 17.1. The minimum Gasteiger partial charge on any atom is -0.394 e. The van der Waals surface area contributed by atoms with E-state index in [9.17, 15) is 117 Å². The van der Waals surface area contributed by atoms with Gasteiger partial charge in [-0.2, -0.15) is 0 Å². The second-order valence-corrected chi connectivity index (χ2v) is 22.7. The van der Waals surface area contributed by atoms with Crippen LogP contribution in [0, 0.1) is 0 Å². The molecule has 0 aromatic heterocycles. The smallest absolute Gasteiger partial charge is 0.187 e. The summed E-state index contributed by atoms with van der Waals surface area (Å²) in [5.74, 6) is 0. The first-order valence-corrected chi connectivity index (χ1v) is 28.5. The fourth-order valence-corrected chi connectivity index (χ4v) is 12.1. The van der Waals surface area contributed by atoms with E-state index < -0.39 is 292 Å². The Hall–Kier alpha value is -1.56. The molecule has 0 saturated carbocycles. The molecule has 30 rings (SSSR count). The molecule has 512 valence electrons. The summed E-state index contributed by atoms with van der Waals surface area (Å²) >= 11 is 0. The van der Waals surface area contributed by atoms with Gasteiger partial charge in [-0.25, -0.2) is 0 Å². The average molecular weight is 1300 g/mol. The third kappa shape index (κ3) is 13.8. The van der Waals surface area contributed by atoms with Crippen LogP contribution in [0.3, 0.4) is 0 Å². The molecule has 0 radical (unpaired) electrons. The maximum Gasteiger partial charge on any atom is 0.187 e. The molecule has 16 bridgehead atoms. The van der Waals surface area contributed by atoms with Gasteiger partial charge < -0.3 is 193 Å². The molecule has 0 aromatic carbocycles. The summed E-state index contributed by atoms with van der Waals surface area (Å²) in [6, 6.07) is 0. The molecule has 0 aromatic rings. The number of aliphatic hydroxyl groups excluding tert-OH is 23. The van der Waals surface area contributed by atoms with Gasteiger partial charge in [-0.15, -0.1) is 0 Å². The van der Waals surface area contributed by atoms with Gasteiger partial charge in [-0.3, -0.25) is 0 Å². The van der Waals surface area contributed by atoms with Gasteiger partial charge in [0.2, 0.25) is 0 Å². The molecule has 30 saturated heterocycles. The molecule has 88 heavy (non-hydrogen) atoms. The highest BCUT2D eigenvalue weighted by Gasteiger charge is 2.60. The van der Waals surface area contributed by atoms with Crippen molar-refractivity contribution in [2.24, 2.45) is 0 Å². The van der Waals surface area contributed by atoms with Gasteiger partial charge in [0.15, 0.2) is 50.3 Å². The second kappa shape index (κ2) is 30.0. The molecule has 0 aliphatic carbocycles. The van der Waals surface area contributed by atoms with Crippen LogP contribution >= 0.6 is 0 Å². The van der Waals surface area contributed by atoms with Crippen molar-refractivity contribution in [3.8, 4) is 0 Å². The predicted molar refractivity (Wildman–Crippen MR) is 264 cm³/mol. The van der Waals surface area contributed by atoms with Crippen molar-refractivity contribution >= 4 is 0 Å². The fraction of sp³-hybridized carbons (Fsp3) is 1.00. The van der Waals surface area contributed by atoms with Gasteiger partial charge in [0.25, 0.3) is 0 Å². The van der Waals surface area contributed by atoms with E-state index in [1.807, 2.05) is 0 Å². The van der Waals surface area contributed by atoms with Crippen molar-refractivity contribution in [2.45, 2.75) is 259 Å². The van der Waals surface area contributed by atoms with Crippen molar-refractivity contribution in [1.29, 1.82) is 0 Å². The lowest BCUT2D eigenvalue weighted by Crippen LogP contribution is -2.69. The number of aliphatic hydroxyl groups is 23. The minimum atomic E-state index is -2.24. The third-order valence-electron chi connectivity index (χ3n) is 17.1. The van der Waals surface area contributed by atoms with Crippen LogP contribution in [0.4, 0.5) is 0 Å². The fourth-order valence-electron chi connectivity index (χ4n) is 12.1. The van der Waals surface area contributed by atoms with Crippen LogP contribution in [-0.2, 0) is 75.8 Å². The molecular weight excluding hydrogens is 1210 g/mol. The van der Waals surface area contributed by atoms with Gasteiger partial charge in [-0.05, 0) is 6.42 Å². The van der Waals surface area contributed by atoms with E-state index in [4.69, 9.17) is 75.8 Å². The highest BCUT2D eigenvalue weighted by atomic mass is 16.8. The summed E-state index contributed by atoms with van der Waals surface area (Å²) in [5.41, 5.74) is 0. The normalized spacial score (nSPS) is 55.4. The monoisotopic (exact) mass is 1290 g/mol. The molecule has 30 heterocycles. The van der Waals surface area contributed by atoms with Crippen molar-refractivity contribution in [3.63, 3.8) is 0 Å². The van der Waals surface area contributed by atoms with Crippen LogP contribution in [-0.4, -0.2) is 409 Å². The zero-order chi connectivity index (χ0) is 64.1. The summed E-state index contributed by atoms with van der Waals surface area (Å²) in [5, 5.41) is 255. The Morgan fingerprint density at radius 3 is 0.398 bits per heavy atom. The maximum absolute atomic E-state index is 11.5. The van der Waals surface area contributed by atoms with Crippen molar-refractivity contribution in [3.05, 3.63) is 0 Å². The molecule has 39 heteroatoms. The lowest BCUT2D eigenvalue weighted by Gasteiger charge is -2.50. The Balaban J connectivity index is 0.975. The Morgan fingerprint density at radius 1 is 0.170 bits per heavy atom. The van der Waals surface area contributed by atoms with Gasteiger partial charge in [0, 0.05) is 0 Å². The van der Waals surface area contributed by atoms with E-state index in [-0.39, 0.29) is 6.42 Å². The average Bonchev–Trinajstić information content (AvgIpc) is 0.985. The van der Waals surface area contributed by atoms with Crippen LogP contribution in [0.15, 0.2) is 0 Å². The summed E-state index contributed by atoms with van der Waals surface area (Å²) in [7, 11) is 0. The van der Waals surface area contributed by atoms with E-state index in [0.717, 1.165) is 0 Å². The number of hydrogen-bond donors (Lipinski definition) is 23. The van der Waals surface area contributed by atoms with E-state index in [0.29, 0.717) is 0 Å². The van der Waals surface area contributed by atoms with Crippen molar-refractivity contribution in [2.75, 3.05) is 46.2 Å². The van der Waals surface area contributed by atoms with Gasteiger partial charge in [-0.1, -0.05) is 6.92 Å². The SMILES string of the molecule is CCC1O[C@@H]2O[C@@H]3C(CO)O[C@@H](O[C@@H]4C(CO)O[C@H](OC5C(CO)O[C@H](O[C@@H]6C(CO)O[C@H](O[C@@H]7C(CO)O[C@H](O[C@@H]8C(CO)O[C@H](O[C@@H]9C(CO)O[C@H](O[C@H]1[C@H](O)C2O)C(O)[C@H]9O)C(O)[C@H]8O)C(O)[C@H]7O)C(O)[C@H]6O)C(O)[C@H]5O)C(O)[C@H]4O)C(O)[C@H]3O. The molecule has 17 unspecified atom stereocenters. The quantitative estimate of drug-likeness (QED) is 0.107. The first-order chi connectivity index (χ1) is 41.9. The highest BCUT2D eigenvalue weighted by molar-refractivity contribution is 5.02. The first kappa shape index (κ1) is 70.7. The van der Waals surface area contributed by atoms with Crippen LogP contribution in [0.1, 0.15) is 13.3 Å². The van der Waals surface area contributed by atoms with Gasteiger partial charge in [0.1, 0.15) is 189 Å². The molecule has 40 atom stereocenters. The molecule has 30 aliphatic rings. The second-order valence-electron chi connectivity index (χ2n) is 22.7. The van der Waals surface area contributed by atoms with E-state index in [2.05, 4.69) is 0 Å². The molecular formula is C49H82O39. The molecule has 23 N–H and O–H groups in total. The number of hydrogen-bond acceptors (Lipinski definition) is 39. The lowest BCUT2D eigenvalue weighted by molar-refractivity contribution is -0.403. The summed E-state index contributed by atoms with van der Waals surface area (Å²) < 4.78 is 91.9. The Labute approximate surface area is 497 Å². The maximum atomic E-state index is 11.5. The Bertz CT molecular complexity index is 1700. The topological polar surface area (TPSA) is 613 Å². The number of ether oxygens (including phenoxy) is 16. The van der Waals surface area contributed by atoms with Crippen LogP contribution < -0.4 is 0 Å². The van der Waals surface area contributed by atoms with E-state index in [1.54, 1.807) is 0 Å². The van der Waals surface area contributed by atoms with Crippen molar-refractivity contribution < 1.29 is 193 Å². The van der Waals surface area contributed by atoms with Gasteiger partial charge >= 0.3 is 0 Å². The molecule has 0 spiro atoms. The van der Waals surface area contributed by atoms with Crippen molar-refractivity contribution in [1.82, 2.24) is 0 Å². The largest absolute Gasteiger partial charge is 0.394 e. The predicted octanol–water partition coefficient (Wildman–Crippen LogP) is -16.0. The Kier molecular flexibility index (Phi) is 24.1. The summed E-state index contributed by atoms with van der Waals surface area (Å²) in [6.45, 7) is -5.88. The van der Waals surface area contributed by atoms with E-state index >= 15 is 0 Å². The summed E-state index contributed by atoms with van der Waals surface area (Å²) in [4.78, 5) is 0.